The maximum Gasteiger partial charge on any atom is 0.154 e. The third kappa shape index (κ3) is 2.97. The molecule has 16 heavy (non-hydrogen) atoms. The Balaban J connectivity index is 2.94. The van der Waals surface area contributed by atoms with E-state index in [0.29, 0.717) is 5.02 Å². The zero-order valence-electron chi connectivity index (χ0n) is 9.35. The molecular weight excluding hydrogens is 246 g/mol. The summed E-state index contributed by atoms with van der Waals surface area (Å²) in [7, 11) is -3.11. The van der Waals surface area contributed by atoms with Crippen molar-refractivity contribution in [2.75, 3.05) is 5.75 Å². The Morgan fingerprint density at radius 2 is 1.81 bits per heavy atom. The van der Waals surface area contributed by atoms with E-state index in [2.05, 4.69) is 0 Å². The van der Waals surface area contributed by atoms with E-state index in [1.807, 2.05) is 0 Å². The van der Waals surface area contributed by atoms with E-state index >= 15 is 0 Å². The van der Waals surface area contributed by atoms with Gasteiger partial charge in [-0.05, 0) is 24.6 Å². The molecule has 0 aromatic heterocycles. The summed E-state index contributed by atoms with van der Waals surface area (Å²) in [6.07, 6.45) is 0. The maximum atomic E-state index is 11.7. The molecule has 0 saturated carbocycles. The molecule has 0 heterocycles. The number of halogens is 1. The molecule has 0 spiro atoms. The van der Waals surface area contributed by atoms with Crippen molar-refractivity contribution in [2.45, 2.75) is 25.1 Å². The molecule has 1 rings (SSSR count). The predicted molar refractivity (Wildman–Crippen MR) is 67.3 cm³/mol. The van der Waals surface area contributed by atoms with E-state index in [4.69, 9.17) is 17.3 Å². The second-order valence-electron chi connectivity index (χ2n) is 3.73. The lowest BCUT2D eigenvalue weighted by Gasteiger charge is -2.19. The van der Waals surface area contributed by atoms with E-state index in [-0.39, 0.29) is 5.75 Å². The summed E-state index contributed by atoms with van der Waals surface area (Å²) in [5.41, 5.74) is 6.71. The Bertz CT molecular complexity index is 442. The van der Waals surface area contributed by atoms with Gasteiger partial charge >= 0.3 is 0 Å². The topological polar surface area (TPSA) is 60.2 Å². The number of benzene rings is 1. The lowest BCUT2D eigenvalue weighted by molar-refractivity contribution is 0.566. The van der Waals surface area contributed by atoms with Gasteiger partial charge in [0.25, 0.3) is 0 Å². The minimum Gasteiger partial charge on any atom is -0.323 e. The molecule has 0 fully saturated rings. The largest absolute Gasteiger partial charge is 0.323 e. The fraction of sp³-hybridized carbons (Fsp3) is 0.455. The highest BCUT2D eigenvalue weighted by atomic mass is 35.5. The second kappa shape index (κ2) is 5.17. The van der Waals surface area contributed by atoms with Crippen LogP contribution in [0.5, 0.6) is 0 Å². The lowest BCUT2D eigenvalue weighted by Crippen LogP contribution is -2.32. The minimum atomic E-state index is -3.11. The van der Waals surface area contributed by atoms with Crippen molar-refractivity contribution in [3.8, 4) is 0 Å². The quantitative estimate of drug-likeness (QED) is 0.904. The number of rotatable bonds is 4. The van der Waals surface area contributed by atoms with Gasteiger partial charge in [-0.1, -0.05) is 30.7 Å². The molecule has 1 aromatic rings. The van der Waals surface area contributed by atoms with Crippen molar-refractivity contribution in [1.82, 2.24) is 0 Å². The van der Waals surface area contributed by atoms with Crippen molar-refractivity contribution >= 4 is 21.4 Å². The number of nitrogens with two attached hydrogens (primary N) is 1. The summed E-state index contributed by atoms with van der Waals surface area (Å²) >= 11 is 5.75. The normalized spacial score (nSPS) is 15.8. The fourth-order valence-electron chi connectivity index (χ4n) is 1.44. The van der Waals surface area contributed by atoms with Crippen LogP contribution >= 0.6 is 11.6 Å². The number of hydrogen-bond acceptors (Lipinski definition) is 3. The van der Waals surface area contributed by atoms with Crippen LogP contribution in [0.3, 0.4) is 0 Å². The van der Waals surface area contributed by atoms with Crippen molar-refractivity contribution in [1.29, 1.82) is 0 Å². The molecule has 0 aliphatic heterocycles. The Kier molecular flexibility index (Phi) is 4.35. The van der Waals surface area contributed by atoms with Crippen molar-refractivity contribution in [2.24, 2.45) is 5.73 Å². The monoisotopic (exact) mass is 261 g/mol. The first-order chi connectivity index (χ1) is 7.38. The summed E-state index contributed by atoms with van der Waals surface area (Å²) in [6.45, 7) is 3.26. The van der Waals surface area contributed by atoms with Crippen LogP contribution in [0.2, 0.25) is 5.02 Å². The Hall–Kier alpha value is -0.580. The van der Waals surface area contributed by atoms with E-state index in [9.17, 15) is 8.42 Å². The maximum absolute atomic E-state index is 11.7. The second-order valence-corrected chi connectivity index (χ2v) is 6.82. The van der Waals surface area contributed by atoms with E-state index < -0.39 is 21.1 Å². The highest BCUT2D eigenvalue weighted by Gasteiger charge is 2.26. The Morgan fingerprint density at radius 3 is 2.25 bits per heavy atom. The van der Waals surface area contributed by atoms with Gasteiger partial charge in [0.15, 0.2) is 9.84 Å². The molecule has 0 bridgehead atoms. The van der Waals surface area contributed by atoms with Gasteiger partial charge in [-0.15, -0.1) is 0 Å². The molecule has 2 atom stereocenters. The molecule has 0 saturated heterocycles. The third-order valence-corrected chi connectivity index (χ3v) is 5.21. The molecule has 2 N–H and O–H groups in total. The summed E-state index contributed by atoms with van der Waals surface area (Å²) in [5, 5.41) is 0.0284. The molecule has 0 radical (unpaired) electrons. The summed E-state index contributed by atoms with van der Waals surface area (Å²) in [5.74, 6) is 0.107. The van der Waals surface area contributed by atoms with Crippen LogP contribution in [0.4, 0.5) is 0 Å². The molecular formula is C11H16ClNO2S. The predicted octanol–water partition coefficient (Wildman–Crippen LogP) is 2.16. The molecule has 5 heteroatoms. The molecule has 0 aliphatic carbocycles. The molecule has 0 unspecified atom stereocenters. The van der Waals surface area contributed by atoms with Gasteiger partial charge in [0.05, 0.1) is 5.25 Å². The van der Waals surface area contributed by atoms with Crippen LogP contribution in [0.15, 0.2) is 24.3 Å². The van der Waals surface area contributed by atoms with Gasteiger partial charge in [-0.2, -0.15) is 0 Å². The highest BCUT2D eigenvalue weighted by Crippen LogP contribution is 2.21. The fourth-order valence-corrected chi connectivity index (χ4v) is 2.70. The van der Waals surface area contributed by atoms with Gasteiger partial charge in [-0.3, -0.25) is 0 Å². The van der Waals surface area contributed by atoms with Gasteiger partial charge in [0.1, 0.15) is 0 Å². The minimum absolute atomic E-state index is 0.107. The van der Waals surface area contributed by atoms with Crippen molar-refractivity contribution in [3.63, 3.8) is 0 Å². The van der Waals surface area contributed by atoms with Crippen molar-refractivity contribution in [3.05, 3.63) is 34.9 Å². The zero-order valence-corrected chi connectivity index (χ0v) is 10.9. The number of sulfone groups is 1. The Labute approximate surface area is 102 Å². The van der Waals surface area contributed by atoms with Crippen LogP contribution < -0.4 is 5.73 Å². The summed E-state index contributed by atoms with van der Waals surface area (Å²) in [6, 6.07) is 6.43. The average molecular weight is 262 g/mol. The van der Waals surface area contributed by atoms with Gasteiger partial charge in [-0.25, -0.2) is 8.42 Å². The van der Waals surface area contributed by atoms with Crippen LogP contribution in [0.25, 0.3) is 0 Å². The smallest absolute Gasteiger partial charge is 0.154 e. The number of hydrogen-bond donors (Lipinski definition) is 1. The van der Waals surface area contributed by atoms with Crippen LogP contribution in [-0.2, 0) is 9.84 Å². The van der Waals surface area contributed by atoms with Crippen LogP contribution in [-0.4, -0.2) is 19.4 Å². The van der Waals surface area contributed by atoms with E-state index in [0.717, 1.165) is 5.56 Å². The molecule has 0 amide bonds. The van der Waals surface area contributed by atoms with E-state index in [1.54, 1.807) is 38.1 Å². The van der Waals surface area contributed by atoms with Crippen LogP contribution in [0, 0.1) is 0 Å². The molecule has 0 aliphatic rings. The molecule has 90 valence electrons. The SMILES string of the molecule is CCS(=O)(=O)[C@H](C)[C@@H](N)c1ccc(Cl)cc1. The van der Waals surface area contributed by atoms with Crippen LogP contribution in [0.1, 0.15) is 25.5 Å². The van der Waals surface area contributed by atoms with Crippen molar-refractivity contribution < 1.29 is 8.42 Å². The molecule has 1 aromatic carbocycles. The Morgan fingerprint density at radius 1 is 1.31 bits per heavy atom. The first-order valence-corrected chi connectivity index (χ1v) is 7.20. The zero-order chi connectivity index (χ0) is 12.3. The third-order valence-electron chi connectivity index (χ3n) is 2.73. The highest BCUT2D eigenvalue weighted by molar-refractivity contribution is 7.92. The summed E-state index contributed by atoms with van der Waals surface area (Å²) in [4.78, 5) is 0. The lowest BCUT2D eigenvalue weighted by atomic mass is 10.1. The van der Waals surface area contributed by atoms with Gasteiger partial charge < -0.3 is 5.73 Å². The first kappa shape index (κ1) is 13.5. The standard InChI is InChI=1S/C11H16ClNO2S/c1-3-16(14,15)8(2)11(13)9-4-6-10(12)7-5-9/h4-8,11H,3,13H2,1-2H3/t8-,11-/m1/s1. The molecule has 3 nitrogen and oxygen atoms in total. The van der Waals surface area contributed by atoms with E-state index in [1.165, 1.54) is 0 Å². The van der Waals surface area contributed by atoms with Gasteiger partial charge in [0, 0.05) is 16.8 Å². The van der Waals surface area contributed by atoms with Gasteiger partial charge in [0.2, 0.25) is 0 Å². The summed E-state index contributed by atoms with van der Waals surface area (Å²) < 4.78 is 23.3. The first-order valence-electron chi connectivity index (χ1n) is 5.11. The average Bonchev–Trinajstić information content (AvgIpc) is 2.28.